The summed E-state index contributed by atoms with van der Waals surface area (Å²) in [4.78, 5) is 17.0. The number of hydrogen-bond donors (Lipinski definition) is 0. The van der Waals surface area contributed by atoms with Crippen molar-refractivity contribution in [1.29, 1.82) is 0 Å². The van der Waals surface area contributed by atoms with Gasteiger partial charge in [0.15, 0.2) is 11.5 Å². The van der Waals surface area contributed by atoms with Gasteiger partial charge in [0, 0.05) is 11.6 Å². The zero-order chi connectivity index (χ0) is 18.0. The van der Waals surface area contributed by atoms with Crippen molar-refractivity contribution in [2.24, 2.45) is 0 Å². The van der Waals surface area contributed by atoms with Crippen LogP contribution in [0.4, 0.5) is 0 Å². The highest BCUT2D eigenvalue weighted by Gasteiger charge is 2.21. The molecule has 2 aromatic carbocycles. The molecule has 130 valence electrons. The zero-order valence-corrected chi connectivity index (χ0v) is 14.3. The second-order valence-corrected chi connectivity index (χ2v) is 5.07. The molecule has 1 aromatic heterocycles. The van der Waals surface area contributed by atoms with Gasteiger partial charge in [0.05, 0.1) is 34.0 Å². The van der Waals surface area contributed by atoms with E-state index in [1.807, 2.05) is 0 Å². The molecule has 0 amide bonds. The highest BCUT2D eigenvalue weighted by Crippen LogP contribution is 2.41. The molecule has 3 aromatic rings. The molecule has 3 rings (SSSR count). The Morgan fingerprint density at radius 1 is 0.880 bits per heavy atom. The van der Waals surface area contributed by atoms with Gasteiger partial charge in [-0.2, -0.15) is 0 Å². The van der Waals surface area contributed by atoms with E-state index in [2.05, 4.69) is 4.98 Å². The number of benzene rings is 2. The Hall–Kier alpha value is -3.22. The normalized spacial score (nSPS) is 10.6. The molecular weight excluding hydrogens is 326 g/mol. The minimum absolute atomic E-state index is 0.189. The maximum absolute atomic E-state index is 12.5. The van der Waals surface area contributed by atoms with Crippen LogP contribution in [0.5, 0.6) is 23.0 Å². The molecule has 0 unspecified atom stereocenters. The first kappa shape index (κ1) is 16.6. The number of nitrogens with zero attached hydrogens (tertiary/aromatic N) is 1. The molecule has 0 fully saturated rings. The Balaban J connectivity index is 2.26. The Labute approximate surface area is 143 Å². The third-order valence-electron chi connectivity index (χ3n) is 3.76. The predicted molar refractivity (Wildman–Crippen MR) is 91.9 cm³/mol. The van der Waals surface area contributed by atoms with Crippen LogP contribution >= 0.6 is 0 Å². The first-order chi connectivity index (χ1) is 12.1. The van der Waals surface area contributed by atoms with Crippen LogP contribution in [0.25, 0.3) is 22.4 Å². The van der Waals surface area contributed by atoms with Crippen molar-refractivity contribution in [3.05, 3.63) is 40.8 Å². The Morgan fingerprint density at radius 2 is 1.56 bits per heavy atom. The molecule has 7 heteroatoms. The Kier molecular flexibility index (Phi) is 4.47. The van der Waals surface area contributed by atoms with Gasteiger partial charge in [0.2, 0.25) is 11.6 Å². The van der Waals surface area contributed by atoms with E-state index in [4.69, 9.17) is 23.4 Å². The molecule has 0 aliphatic carbocycles. The highest BCUT2D eigenvalue weighted by atomic mass is 16.5. The number of aromatic nitrogens is 1. The van der Waals surface area contributed by atoms with Crippen molar-refractivity contribution in [2.45, 2.75) is 0 Å². The van der Waals surface area contributed by atoms with Crippen molar-refractivity contribution in [1.82, 2.24) is 4.98 Å². The summed E-state index contributed by atoms with van der Waals surface area (Å²) in [5.74, 6) is 1.82. The van der Waals surface area contributed by atoms with Gasteiger partial charge in [-0.05, 0) is 24.3 Å². The number of hydrogen-bond acceptors (Lipinski definition) is 7. The van der Waals surface area contributed by atoms with Crippen LogP contribution < -0.4 is 24.6 Å². The molecular formula is C18H17NO6. The smallest absolute Gasteiger partial charge is 0.351 e. The topological polar surface area (TPSA) is 80.0 Å². The summed E-state index contributed by atoms with van der Waals surface area (Å²) in [5.41, 5.74) is 0.457. The Bertz CT molecular complexity index is 962. The number of ether oxygens (including phenoxy) is 4. The van der Waals surface area contributed by atoms with Crippen molar-refractivity contribution in [2.75, 3.05) is 28.4 Å². The van der Waals surface area contributed by atoms with E-state index in [-0.39, 0.29) is 17.0 Å². The second kappa shape index (κ2) is 6.72. The average molecular weight is 343 g/mol. The van der Waals surface area contributed by atoms with E-state index in [9.17, 15) is 4.79 Å². The summed E-state index contributed by atoms with van der Waals surface area (Å²) in [7, 11) is 5.98. The molecule has 0 aliphatic heterocycles. The molecule has 25 heavy (non-hydrogen) atoms. The monoisotopic (exact) mass is 343 g/mol. The van der Waals surface area contributed by atoms with Gasteiger partial charge in [-0.1, -0.05) is 0 Å². The van der Waals surface area contributed by atoms with Gasteiger partial charge in [-0.25, -0.2) is 9.78 Å². The zero-order valence-electron chi connectivity index (χ0n) is 14.3. The predicted octanol–water partition coefficient (Wildman–Crippen LogP) is 2.89. The van der Waals surface area contributed by atoms with Gasteiger partial charge >= 0.3 is 5.63 Å². The minimum Gasteiger partial charge on any atom is -0.497 e. The summed E-state index contributed by atoms with van der Waals surface area (Å²) < 4.78 is 26.4. The summed E-state index contributed by atoms with van der Waals surface area (Å²) in [6.07, 6.45) is 0. The van der Waals surface area contributed by atoms with E-state index >= 15 is 0 Å². The molecule has 0 atom stereocenters. The summed E-state index contributed by atoms with van der Waals surface area (Å²) >= 11 is 0. The molecule has 0 spiro atoms. The van der Waals surface area contributed by atoms with Crippen LogP contribution in [0, 0.1) is 0 Å². The molecule has 0 N–H and O–H groups in total. The van der Waals surface area contributed by atoms with Gasteiger partial charge in [-0.3, -0.25) is 0 Å². The van der Waals surface area contributed by atoms with E-state index in [0.717, 1.165) is 0 Å². The third-order valence-corrected chi connectivity index (χ3v) is 3.76. The molecule has 0 saturated heterocycles. The van der Waals surface area contributed by atoms with Crippen LogP contribution in [-0.2, 0) is 0 Å². The Morgan fingerprint density at radius 3 is 2.12 bits per heavy atom. The fraction of sp³-hybridized carbons (Fsp3) is 0.222. The van der Waals surface area contributed by atoms with Crippen LogP contribution in [0.15, 0.2) is 39.5 Å². The average Bonchev–Trinajstić information content (AvgIpc) is 2.66. The van der Waals surface area contributed by atoms with Gasteiger partial charge in [0.25, 0.3) is 0 Å². The molecule has 0 bridgehead atoms. The van der Waals surface area contributed by atoms with E-state index in [1.54, 1.807) is 37.4 Å². The minimum atomic E-state index is -0.575. The van der Waals surface area contributed by atoms with Crippen LogP contribution in [0.1, 0.15) is 0 Å². The lowest BCUT2D eigenvalue weighted by atomic mass is 10.1. The van der Waals surface area contributed by atoms with Crippen molar-refractivity contribution < 1.29 is 23.4 Å². The van der Waals surface area contributed by atoms with Gasteiger partial charge < -0.3 is 23.4 Å². The number of fused-ring (bicyclic) bond motifs is 1. The van der Waals surface area contributed by atoms with Crippen LogP contribution in [-0.4, -0.2) is 33.4 Å². The lowest BCUT2D eigenvalue weighted by molar-refractivity contribution is 0.326. The fourth-order valence-corrected chi connectivity index (χ4v) is 2.56. The SMILES string of the molecule is COc1ccc(-c2nc3cc(OC)c(OC)c(OC)c3c(=O)o2)cc1. The third kappa shape index (κ3) is 2.84. The van der Waals surface area contributed by atoms with E-state index in [1.165, 1.54) is 21.3 Å². The van der Waals surface area contributed by atoms with E-state index < -0.39 is 5.63 Å². The quantitative estimate of drug-likeness (QED) is 0.704. The van der Waals surface area contributed by atoms with Crippen molar-refractivity contribution in [3.63, 3.8) is 0 Å². The maximum Gasteiger partial charge on any atom is 0.351 e. The van der Waals surface area contributed by atoms with E-state index in [0.29, 0.717) is 28.3 Å². The van der Waals surface area contributed by atoms with Crippen molar-refractivity contribution in [3.8, 4) is 34.5 Å². The molecule has 0 aliphatic rings. The summed E-state index contributed by atoms with van der Waals surface area (Å²) in [5, 5.41) is 0.192. The fourth-order valence-electron chi connectivity index (χ4n) is 2.56. The second-order valence-electron chi connectivity index (χ2n) is 5.07. The standard InChI is InChI=1S/C18H17NO6/c1-21-11-7-5-10(6-8-11)17-19-12-9-13(22-2)15(23-3)16(24-4)14(12)18(20)25-17/h5-9H,1-4H3. The first-order valence-corrected chi connectivity index (χ1v) is 7.41. The van der Waals surface area contributed by atoms with Crippen LogP contribution in [0.2, 0.25) is 0 Å². The van der Waals surface area contributed by atoms with Gasteiger partial charge in [0.1, 0.15) is 11.1 Å². The number of methoxy groups -OCH3 is 4. The summed E-state index contributed by atoms with van der Waals surface area (Å²) in [6.45, 7) is 0. The van der Waals surface area contributed by atoms with Gasteiger partial charge in [-0.15, -0.1) is 0 Å². The number of rotatable bonds is 5. The summed E-state index contributed by atoms with van der Waals surface area (Å²) in [6, 6.07) is 8.65. The molecule has 0 radical (unpaired) electrons. The maximum atomic E-state index is 12.5. The van der Waals surface area contributed by atoms with Crippen molar-refractivity contribution >= 4 is 10.9 Å². The molecule has 7 nitrogen and oxygen atoms in total. The molecule has 1 heterocycles. The lowest BCUT2D eigenvalue weighted by Crippen LogP contribution is -2.07. The first-order valence-electron chi connectivity index (χ1n) is 7.41. The van der Waals surface area contributed by atoms with Crippen LogP contribution in [0.3, 0.4) is 0 Å². The largest absolute Gasteiger partial charge is 0.497 e. The highest BCUT2D eigenvalue weighted by molar-refractivity contribution is 5.90. The molecule has 0 saturated carbocycles. The lowest BCUT2D eigenvalue weighted by Gasteiger charge is -2.13.